The third-order valence-electron chi connectivity index (χ3n) is 3.89. The van der Waals surface area contributed by atoms with Gasteiger partial charge in [0.05, 0.1) is 24.0 Å². The molecule has 1 aliphatic carbocycles. The van der Waals surface area contributed by atoms with Crippen LogP contribution >= 0.6 is 11.5 Å². The molecule has 0 radical (unpaired) electrons. The van der Waals surface area contributed by atoms with E-state index in [-0.39, 0.29) is 5.97 Å². The maximum atomic E-state index is 12.1. The van der Waals surface area contributed by atoms with E-state index in [1.807, 2.05) is 25.1 Å². The summed E-state index contributed by atoms with van der Waals surface area (Å²) in [5.41, 5.74) is 3.96. The second kappa shape index (κ2) is 5.21. The first-order valence-electron chi connectivity index (χ1n) is 7.38. The lowest BCUT2D eigenvalue weighted by molar-refractivity contribution is 0.0531. The van der Waals surface area contributed by atoms with Gasteiger partial charge in [-0.3, -0.25) is 5.10 Å². The highest BCUT2D eigenvalue weighted by molar-refractivity contribution is 7.08. The molecule has 0 amide bonds. The predicted molar refractivity (Wildman–Crippen MR) is 85.1 cm³/mol. The first-order valence-corrected chi connectivity index (χ1v) is 8.15. The van der Waals surface area contributed by atoms with E-state index in [9.17, 15) is 4.79 Å². The van der Waals surface area contributed by atoms with Crippen molar-refractivity contribution in [3.8, 4) is 11.3 Å². The van der Waals surface area contributed by atoms with Crippen molar-refractivity contribution in [2.45, 2.75) is 25.7 Å². The van der Waals surface area contributed by atoms with Gasteiger partial charge in [-0.1, -0.05) is 12.1 Å². The largest absolute Gasteiger partial charge is 0.462 e. The van der Waals surface area contributed by atoms with E-state index in [1.165, 1.54) is 11.5 Å². The van der Waals surface area contributed by atoms with E-state index in [1.54, 1.807) is 6.20 Å². The molecule has 0 bridgehead atoms. The van der Waals surface area contributed by atoms with Crippen LogP contribution in [-0.2, 0) is 4.74 Å². The Kier molecular flexibility index (Phi) is 3.18. The third-order valence-corrected chi connectivity index (χ3v) is 4.73. The topological polar surface area (TPSA) is 67.9 Å². The van der Waals surface area contributed by atoms with E-state index in [0.29, 0.717) is 17.4 Å². The van der Waals surface area contributed by atoms with Gasteiger partial charge in [-0.2, -0.15) is 9.47 Å². The van der Waals surface area contributed by atoms with Crippen molar-refractivity contribution in [1.29, 1.82) is 0 Å². The highest BCUT2D eigenvalue weighted by atomic mass is 32.1. The van der Waals surface area contributed by atoms with Crippen molar-refractivity contribution in [3.05, 3.63) is 34.8 Å². The minimum atomic E-state index is -0.254. The number of carbonyl (C=O) groups excluding carboxylic acids is 1. The average molecular weight is 313 g/mol. The zero-order valence-corrected chi connectivity index (χ0v) is 12.9. The second-order valence-corrected chi connectivity index (χ2v) is 6.21. The molecule has 0 unspecified atom stereocenters. The number of fused-ring (bicyclic) bond motifs is 1. The molecule has 1 aromatic carbocycles. The molecule has 1 saturated carbocycles. The number of carbonyl (C=O) groups is 1. The Morgan fingerprint density at radius 1 is 1.45 bits per heavy atom. The summed E-state index contributed by atoms with van der Waals surface area (Å²) in [6.07, 6.45) is 4.03. The number of nitrogens with zero attached hydrogens (tertiary/aromatic N) is 2. The van der Waals surface area contributed by atoms with Crippen LogP contribution in [0.5, 0.6) is 0 Å². The van der Waals surface area contributed by atoms with Gasteiger partial charge in [-0.05, 0) is 43.3 Å². The number of rotatable bonds is 4. The van der Waals surface area contributed by atoms with Gasteiger partial charge in [0.1, 0.15) is 4.88 Å². The van der Waals surface area contributed by atoms with Crippen molar-refractivity contribution < 1.29 is 9.53 Å². The van der Waals surface area contributed by atoms with Gasteiger partial charge in [0.2, 0.25) is 0 Å². The quantitative estimate of drug-likeness (QED) is 0.745. The molecule has 3 aromatic rings. The van der Waals surface area contributed by atoms with Gasteiger partial charge in [0.25, 0.3) is 0 Å². The molecular weight excluding hydrogens is 298 g/mol. The van der Waals surface area contributed by atoms with Crippen LogP contribution in [0.3, 0.4) is 0 Å². The van der Waals surface area contributed by atoms with E-state index < -0.39 is 0 Å². The van der Waals surface area contributed by atoms with Crippen molar-refractivity contribution in [3.63, 3.8) is 0 Å². The highest BCUT2D eigenvalue weighted by Crippen LogP contribution is 2.47. The molecule has 1 N–H and O–H groups in total. The van der Waals surface area contributed by atoms with Gasteiger partial charge >= 0.3 is 5.97 Å². The van der Waals surface area contributed by atoms with Crippen LogP contribution in [0.25, 0.3) is 22.2 Å². The Morgan fingerprint density at radius 3 is 3.09 bits per heavy atom. The first kappa shape index (κ1) is 13.5. The number of hydrogen-bond acceptors (Lipinski definition) is 5. The lowest BCUT2D eigenvalue weighted by Gasteiger charge is -2.05. The molecular formula is C16H15N3O2S. The fourth-order valence-corrected chi connectivity index (χ4v) is 3.57. The van der Waals surface area contributed by atoms with Crippen molar-refractivity contribution in [2.24, 2.45) is 0 Å². The molecule has 2 heterocycles. The Labute approximate surface area is 131 Å². The first-order chi connectivity index (χ1) is 10.8. The fraction of sp³-hybridized carbons (Fsp3) is 0.312. The monoisotopic (exact) mass is 313 g/mol. The van der Waals surface area contributed by atoms with Gasteiger partial charge < -0.3 is 4.74 Å². The molecule has 1 aliphatic rings. The standard InChI is InChI=1S/C16H15N3O2S/c1-2-21-16(20)15-13(9-3-4-9)14(19-22-15)10-5-6-11-8-17-18-12(11)7-10/h5-9H,2-4H2,1H3,(H,17,18). The number of H-pyrrole nitrogens is 1. The van der Waals surface area contributed by atoms with Crippen LogP contribution in [0.15, 0.2) is 24.4 Å². The molecule has 112 valence electrons. The van der Waals surface area contributed by atoms with Crippen LogP contribution in [0.2, 0.25) is 0 Å². The molecule has 0 spiro atoms. The predicted octanol–water partition coefficient (Wildman–Crippen LogP) is 3.74. The smallest absolute Gasteiger partial charge is 0.350 e. The number of aromatic amines is 1. The van der Waals surface area contributed by atoms with E-state index in [2.05, 4.69) is 14.6 Å². The summed E-state index contributed by atoms with van der Waals surface area (Å²) >= 11 is 1.24. The van der Waals surface area contributed by atoms with Gasteiger partial charge in [0, 0.05) is 16.5 Å². The third kappa shape index (κ3) is 2.20. The lowest BCUT2D eigenvalue weighted by atomic mass is 10.0. The summed E-state index contributed by atoms with van der Waals surface area (Å²) in [7, 11) is 0. The number of esters is 1. The molecule has 1 fully saturated rings. The average Bonchev–Trinajstić information content (AvgIpc) is 3.10. The highest BCUT2D eigenvalue weighted by Gasteiger charge is 2.34. The Morgan fingerprint density at radius 2 is 2.32 bits per heavy atom. The molecule has 0 atom stereocenters. The van der Waals surface area contributed by atoms with E-state index in [4.69, 9.17) is 4.74 Å². The summed E-state index contributed by atoms with van der Waals surface area (Å²) in [4.78, 5) is 12.8. The Bertz CT molecular complexity index is 848. The summed E-state index contributed by atoms with van der Waals surface area (Å²) in [5.74, 6) is 0.182. The number of nitrogens with one attached hydrogen (secondary N) is 1. The zero-order chi connectivity index (χ0) is 15.1. The van der Waals surface area contributed by atoms with Crippen molar-refractivity contribution in [1.82, 2.24) is 14.6 Å². The van der Waals surface area contributed by atoms with Crippen LogP contribution in [0.4, 0.5) is 0 Å². The van der Waals surface area contributed by atoms with Gasteiger partial charge in [0.15, 0.2) is 0 Å². The molecule has 0 aliphatic heterocycles. The van der Waals surface area contributed by atoms with Crippen LogP contribution in [-0.4, -0.2) is 27.1 Å². The van der Waals surface area contributed by atoms with Gasteiger partial charge in [-0.25, -0.2) is 4.79 Å². The molecule has 5 nitrogen and oxygen atoms in total. The summed E-state index contributed by atoms with van der Waals surface area (Å²) in [5, 5.41) is 8.09. The minimum absolute atomic E-state index is 0.254. The van der Waals surface area contributed by atoms with Crippen LogP contribution in [0, 0.1) is 0 Å². The van der Waals surface area contributed by atoms with Crippen LogP contribution < -0.4 is 0 Å². The Hall–Kier alpha value is -2.21. The fourth-order valence-electron chi connectivity index (χ4n) is 2.68. The second-order valence-electron chi connectivity index (χ2n) is 5.44. The molecule has 6 heteroatoms. The van der Waals surface area contributed by atoms with Crippen molar-refractivity contribution >= 4 is 28.4 Å². The number of ether oxygens (including phenoxy) is 1. The normalized spacial score (nSPS) is 14.4. The van der Waals surface area contributed by atoms with Crippen LogP contribution in [0.1, 0.15) is 40.9 Å². The van der Waals surface area contributed by atoms with Gasteiger partial charge in [-0.15, -0.1) is 0 Å². The zero-order valence-electron chi connectivity index (χ0n) is 12.1. The molecule has 4 rings (SSSR count). The maximum Gasteiger partial charge on any atom is 0.350 e. The number of benzene rings is 1. The molecule has 0 saturated heterocycles. The van der Waals surface area contributed by atoms with E-state index in [0.717, 1.165) is 40.6 Å². The SMILES string of the molecule is CCOC(=O)c1snc(-c2ccc3cn[nH]c3c2)c1C1CC1. The summed E-state index contributed by atoms with van der Waals surface area (Å²) in [6.45, 7) is 2.21. The molecule has 2 aromatic heterocycles. The number of hydrogen-bond donors (Lipinski definition) is 1. The molecule has 22 heavy (non-hydrogen) atoms. The Balaban J connectivity index is 1.82. The number of aromatic nitrogens is 3. The summed E-state index contributed by atoms with van der Waals surface area (Å²) in [6, 6.07) is 6.10. The van der Waals surface area contributed by atoms with Crippen molar-refractivity contribution in [2.75, 3.05) is 6.61 Å². The van der Waals surface area contributed by atoms with E-state index >= 15 is 0 Å². The summed E-state index contributed by atoms with van der Waals surface area (Å²) < 4.78 is 9.72. The maximum absolute atomic E-state index is 12.1. The lowest BCUT2D eigenvalue weighted by Crippen LogP contribution is -2.05. The minimum Gasteiger partial charge on any atom is -0.462 e.